The first kappa shape index (κ1) is 17.5. The summed E-state index contributed by atoms with van der Waals surface area (Å²) in [6.45, 7) is 0. The number of H-pyrrole nitrogens is 1. The van der Waals surface area contributed by atoms with Crippen LogP contribution in [0.15, 0.2) is 42.6 Å². The molecule has 3 aromatic rings. The molecule has 5 rings (SSSR count). The lowest BCUT2D eigenvalue weighted by Crippen LogP contribution is -2.36. The van der Waals surface area contributed by atoms with Gasteiger partial charge >= 0.3 is 6.03 Å². The first-order chi connectivity index (χ1) is 13.4. The van der Waals surface area contributed by atoms with Gasteiger partial charge in [0.15, 0.2) is 0 Å². The molecule has 1 heterocycles. The molecule has 2 aliphatic rings. The standard InChI is InChI=1S/C20H18ClFN4O2/c21-10-5-16(15-9-23-26-17(15)6-10)20(28)7-13-14(8-20)18(13)25-19(27)24-12-3-1-11(22)2-4-12/h1-6,9,13-14,18,28H,7-8H2,(H,23,26)(H2,24,25,27)/t13-,14+,18+,20-. The number of nitrogens with zero attached hydrogens (tertiary/aromatic N) is 1. The molecule has 144 valence electrons. The predicted octanol–water partition coefficient (Wildman–Crippen LogP) is 3.77. The first-order valence-corrected chi connectivity index (χ1v) is 9.49. The second-order valence-corrected chi connectivity index (χ2v) is 8.12. The van der Waals surface area contributed by atoms with Gasteiger partial charge in [0.2, 0.25) is 0 Å². The summed E-state index contributed by atoms with van der Waals surface area (Å²) in [4.78, 5) is 12.2. The van der Waals surface area contributed by atoms with E-state index < -0.39 is 5.60 Å². The Morgan fingerprint density at radius 1 is 1.25 bits per heavy atom. The highest BCUT2D eigenvalue weighted by Crippen LogP contribution is 2.60. The Bertz CT molecular complexity index is 1060. The molecule has 2 saturated carbocycles. The van der Waals surface area contributed by atoms with E-state index in [2.05, 4.69) is 20.8 Å². The van der Waals surface area contributed by atoms with Gasteiger partial charge in [-0.2, -0.15) is 5.10 Å². The largest absolute Gasteiger partial charge is 0.385 e. The molecule has 4 atom stereocenters. The van der Waals surface area contributed by atoms with Crippen molar-refractivity contribution in [2.45, 2.75) is 24.5 Å². The maximum absolute atomic E-state index is 12.9. The van der Waals surface area contributed by atoms with Gasteiger partial charge in [-0.1, -0.05) is 11.6 Å². The Kier molecular flexibility index (Phi) is 3.86. The molecule has 8 heteroatoms. The minimum Gasteiger partial charge on any atom is -0.385 e. The Morgan fingerprint density at radius 3 is 2.68 bits per heavy atom. The van der Waals surface area contributed by atoms with Crippen LogP contribution in [0.25, 0.3) is 10.9 Å². The van der Waals surface area contributed by atoms with E-state index in [-0.39, 0.29) is 29.7 Å². The zero-order chi connectivity index (χ0) is 19.5. The number of amides is 2. The zero-order valence-corrected chi connectivity index (χ0v) is 15.5. The normalized spacial score (nSPS) is 28.2. The SMILES string of the molecule is O=C(Nc1ccc(F)cc1)N[C@H]1[C@@H]2C[C@](O)(c3cc(Cl)cc4[nH]ncc34)C[C@@H]21. The van der Waals surface area contributed by atoms with E-state index in [1.54, 1.807) is 18.3 Å². The van der Waals surface area contributed by atoms with Gasteiger partial charge in [-0.3, -0.25) is 5.10 Å². The lowest BCUT2D eigenvalue weighted by atomic mass is 9.86. The number of anilines is 1. The van der Waals surface area contributed by atoms with E-state index in [1.807, 2.05) is 0 Å². The van der Waals surface area contributed by atoms with E-state index in [0.29, 0.717) is 23.6 Å². The van der Waals surface area contributed by atoms with Crippen LogP contribution < -0.4 is 10.6 Å². The summed E-state index contributed by atoms with van der Waals surface area (Å²) < 4.78 is 12.9. The van der Waals surface area contributed by atoms with Gasteiger partial charge < -0.3 is 15.7 Å². The average Bonchev–Trinajstić information content (AvgIpc) is 3.03. The Labute approximate surface area is 165 Å². The second-order valence-electron chi connectivity index (χ2n) is 7.68. The van der Waals surface area contributed by atoms with E-state index in [0.717, 1.165) is 16.5 Å². The van der Waals surface area contributed by atoms with Gasteiger partial charge in [-0.15, -0.1) is 0 Å². The minimum atomic E-state index is -0.978. The number of nitrogens with one attached hydrogen (secondary N) is 3. The van der Waals surface area contributed by atoms with Gasteiger partial charge in [-0.25, -0.2) is 9.18 Å². The van der Waals surface area contributed by atoms with E-state index in [4.69, 9.17) is 11.6 Å². The molecule has 1 aromatic heterocycles. The number of hydrogen-bond acceptors (Lipinski definition) is 3. The third-order valence-corrected chi connectivity index (χ3v) is 6.12. The van der Waals surface area contributed by atoms with Crippen LogP contribution in [-0.4, -0.2) is 27.4 Å². The summed E-state index contributed by atoms with van der Waals surface area (Å²) in [5.41, 5.74) is 1.13. The highest BCUT2D eigenvalue weighted by molar-refractivity contribution is 6.31. The molecule has 0 spiro atoms. The third kappa shape index (κ3) is 2.91. The van der Waals surface area contributed by atoms with Crippen molar-refractivity contribution in [1.29, 1.82) is 0 Å². The van der Waals surface area contributed by atoms with Crippen LogP contribution in [0.1, 0.15) is 18.4 Å². The zero-order valence-electron chi connectivity index (χ0n) is 14.7. The lowest BCUT2D eigenvalue weighted by molar-refractivity contribution is 0.0300. The number of carbonyl (C=O) groups excluding carboxylic acids is 1. The number of hydrogen-bond donors (Lipinski definition) is 4. The maximum atomic E-state index is 12.9. The molecule has 0 radical (unpaired) electrons. The fraction of sp³-hybridized carbons (Fsp3) is 0.300. The van der Waals surface area contributed by atoms with Gasteiger partial charge in [0.25, 0.3) is 0 Å². The van der Waals surface area contributed by atoms with E-state index in [1.165, 1.54) is 24.3 Å². The average molecular weight is 401 g/mol. The Morgan fingerprint density at radius 2 is 1.96 bits per heavy atom. The van der Waals surface area contributed by atoms with E-state index >= 15 is 0 Å². The number of urea groups is 1. The number of fused-ring (bicyclic) bond motifs is 2. The molecular weight excluding hydrogens is 383 g/mol. The summed E-state index contributed by atoms with van der Waals surface area (Å²) in [6, 6.07) is 8.90. The van der Waals surface area contributed by atoms with Gasteiger partial charge in [0.1, 0.15) is 5.82 Å². The van der Waals surface area contributed by atoms with Crippen molar-refractivity contribution in [3.05, 3.63) is 59.0 Å². The monoisotopic (exact) mass is 400 g/mol. The molecule has 4 N–H and O–H groups in total. The second kappa shape index (κ2) is 6.18. The lowest BCUT2D eigenvalue weighted by Gasteiger charge is -2.27. The van der Waals surface area contributed by atoms with Gasteiger partial charge in [0.05, 0.1) is 17.3 Å². The Balaban J connectivity index is 1.26. The topological polar surface area (TPSA) is 90.0 Å². The van der Waals surface area contributed by atoms with Crippen LogP contribution in [0.3, 0.4) is 0 Å². The van der Waals surface area contributed by atoms with Crippen molar-refractivity contribution in [2.75, 3.05) is 5.32 Å². The number of aromatic nitrogens is 2. The molecule has 6 nitrogen and oxygen atoms in total. The quantitative estimate of drug-likeness (QED) is 0.539. The number of aromatic amines is 1. The number of carbonyl (C=O) groups is 1. The number of benzene rings is 2. The first-order valence-electron chi connectivity index (χ1n) is 9.11. The highest BCUT2D eigenvalue weighted by atomic mass is 35.5. The van der Waals surface area contributed by atoms with Crippen LogP contribution in [0.2, 0.25) is 5.02 Å². The molecule has 0 bridgehead atoms. The fourth-order valence-electron chi connectivity index (χ4n) is 4.55. The molecule has 2 fully saturated rings. The molecule has 28 heavy (non-hydrogen) atoms. The Hall–Kier alpha value is -2.64. The van der Waals surface area contributed by atoms with Crippen molar-refractivity contribution in [3.8, 4) is 0 Å². The van der Waals surface area contributed by atoms with Crippen molar-refractivity contribution in [3.63, 3.8) is 0 Å². The molecule has 0 aliphatic heterocycles. The molecule has 2 aliphatic carbocycles. The maximum Gasteiger partial charge on any atom is 0.319 e. The summed E-state index contributed by atoms with van der Waals surface area (Å²) >= 11 is 6.21. The van der Waals surface area contributed by atoms with Crippen molar-refractivity contribution < 1.29 is 14.3 Å². The van der Waals surface area contributed by atoms with Crippen LogP contribution >= 0.6 is 11.6 Å². The van der Waals surface area contributed by atoms with Gasteiger partial charge in [0, 0.05) is 22.1 Å². The molecule has 0 unspecified atom stereocenters. The summed E-state index contributed by atoms with van der Waals surface area (Å²) in [5.74, 6) is 0.0736. The van der Waals surface area contributed by atoms with Crippen LogP contribution in [0.5, 0.6) is 0 Å². The smallest absolute Gasteiger partial charge is 0.319 e. The van der Waals surface area contributed by atoms with E-state index in [9.17, 15) is 14.3 Å². The molecule has 2 amide bonds. The molecule has 2 aromatic carbocycles. The van der Waals surface area contributed by atoms with Gasteiger partial charge in [-0.05, 0) is 66.6 Å². The molecular formula is C20H18ClFN4O2. The summed E-state index contributed by atoms with van der Waals surface area (Å²) in [7, 11) is 0. The summed E-state index contributed by atoms with van der Waals surface area (Å²) in [5, 5.41) is 25.3. The fourth-order valence-corrected chi connectivity index (χ4v) is 4.77. The van der Waals surface area contributed by atoms with Crippen LogP contribution in [0.4, 0.5) is 14.9 Å². The number of rotatable bonds is 3. The predicted molar refractivity (Wildman–Crippen MR) is 104 cm³/mol. The number of halogens is 2. The van der Waals surface area contributed by atoms with Crippen molar-refractivity contribution in [1.82, 2.24) is 15.5 Å². The summed E-state index contributed by atoms with van der Waals surface area (Å²) in [6.07, 6.45) is 2.81. The third-order valence-electron chi connectivity index (χ3n) is 5.90. The van der Waals surface area contributed by atoms with Crippen LogP contribution in [0, 0.1) is 17.7 Å². The van der Waals surface area contributed by atoms with Crippen molar-refractivity contribution in [2.24, 2.45) is 11.8 Å². The number of aliphatic hydroxyl groups is 1. The minimum absolute atomic E-state index is 0.0275. The molecule has 0 saturated heterocycles. The highest BCUT2D eigenvalue weighted by Gasteiger charge is 2.62. The van der Waals surface area contributed by atoms with Crippen molar-refractivity contribution >= 4 is 34.2 Å². The van der Waals surface area contributed by atoms with Crippen LogP contribution in [-0.2, 0) is 5.60 Å².